The Labute approximate surface area is 200 Å². The van der Waals surface area contributed by atoms with Crippen LogP contribution in [0.1, 0.15) is 43.5 Å². The number of ether oxygens (including phenoxy) is 2. The van der Waals surface area contributed by atoms with E-state index in [1.54, 1.807) is 51.1 Å². The maximum Gasteiger partial charge on any atom is 0.534 e. The molecule has 1 aliphatic rings. The third-order valence-corrected chi connectivity index (χ3v) is 5.89. The first-order chi connectivity index (χ1) is 16.2. The van der Waals surface area contributed by atoms with Crippen molar-refractivity contribution in [3.63, 3.8) is 0 Å². The molecular formula is C23H24F3NO7S. The van der Waals surface area contributed by atoms with E-state index in [9.17, 15) is 31.2 Å². The molecule has 0 fully saturated rings. The van der Waals surface area contributed by atoms with Gasteiger partial charge in [0.1, 0.15) is 18.0 Å². The molecule has 3 rings (SSSR count). The molecule has 0 saturated carbocycles. The van der Waals surface area contributed by atoms with Gasteiger partial charge in [-0.25, -0.2) is 9.59 Å². The van der Waals surface area contributed by atoms with E-state index in [4.69, 9.17) is 9.47 Å². The zero-order valence-electron chi connectivity index (χ0n) is 19.2. The Morgan fingerprint density at radius 2 is 1.71 bits per heavy atom. The summed E-state index contributed by atoms with van der Waals surface area (Å²) in [6, 6.07) is 10.9. The summed E-state index contributed by atoms with van der Waals surface area (Å²) in [5.74, 6) is -1.35. The normalized spacial score (nSPS) is 16.3. The maximum absolute atomic E-state index is 13.1. The minimum Gasteiger partial charge on any atom is -0.459 e. The van der Waals surface area contributed by atoms with Crippen LogP contribution in [0.15, 0.2) is 48.5 Å². The Morgan fingerprint density at radius 1 is 1.06 bits per heavy atom. The van der Waals surface area contributed by atoms with E-state index in [0.717, 1.165) is 12.1 Å². The van der Waals surface area contributed by atoms with Gasteiger partial charge in [-0.15, -0.1) is 0 Å². The number of halogens is 3. The van der Waals surface area contributed by atoms with Crippen molar-refractivity contribution in [2.24, 2.45) is 0 Å². The zero-order valence-corrected chi connectivity index (χ0v) is 20.0. The van der Waals surface area contributed by atoms with Crippen molar-refractivity contribution >= 4 is 22.2 Å². The molecule has 0 aliphatic carbocycles. The molecule has 8 nitrogen and oxygen atoms in total. The molecular weight excluding hydrogens is 491 g/mol. The van der Waals surface area contributed by atoms with Crippen LogP contribution >= 0.6 is 0 Å². The van der Waals surface area contributed by atoms with Gasteiger partial charge in [-0.05, 0) is 56.0 Å². The van der Waals surface area contributed by atoms with E-state index in [2.05, 4.69) is 4.18 Å². The van der Waals surface area contributed by atoms with E-state index >= 15 is 0 Å². The summed E-state index contributed by atoms with van der Waals surface area (Å²) in [7, 11) is -5.87. The highest BCUT2D eigenvalue weighted by molar-refractivity contribution is 7.88. The van der Waals surface area contributed by atoms with Gasteiger partial charge in [-0.2, -0.15) is 21.6 Å². The van der Waals surface area contributed by atoms with E-state index in [1.807, 2.05) is 0 Å². The van der Waals surface area contributed by atoms with Gasteiger partial charge in [0.2, 0.25) is 0 Å². The van der Waals surface area contributed by atoms with Crippen LogP contribution in [0.2, 0.25) is 0 Å². The highest BCUT2D eigenvalue weighted by Crippen LogP contribution is 2.36. The number of hydrogen-bond acceptors (Lipinski definition) is 7. The van der Waals surface area contributed by atoms with Gasteiger partial charge in [-0.3, -0.25) is 4.90 Å². The van der Waals surface area contributed by atoms with Crippen molar-refractivity contribution in [1.29, 1.82) is 0 Å². The second kappa shape index (κ2) is 9.76. The van der Waals surface area contributed by atoms with Gasteiger partial charge in [0, 0.05) is 6.54 Å². The Hall–Kier alpha value is -3.28. The molecule has 1 atom stereocenters. The number of benzene rings is 2. The van der Waals surface area contributed by atoms with Crippen molar-refractivity contribution in [3.05, 3.63) is 65.2 Å². The molecule has 35 heavy (non-hydrogen) atoms. The Morgan fingerprint density at radius 3 is 2.31 bits per heavy atom. The molecule has 0 saturated heterocycles. The predicted molar refractivity (Wildman–Crippen MR) is 118 cm³/mol. The van der Waals surface area contributed by atoms with Crippen molar-refractivity contribution in [2.45, 2.75) is 51.0 Å². The molecule has 0 radical (unpaired) electrons. The predicted octanol–water partition coefficient (Wildman–Crippen LogP) is 4.49. The molecule has 0 spiro atoms. The first-order valence-electron chi connectivity index (χ1n) is 10.5. The van der Waals surface area contributed by atoms with Crippen LogP contribution in [-0.4, -0.2) is 43.0 Å². The summed E-state index contributed by atoms with van der Waals surface area (Å²) < 4.78 is 75.9. The van der Waals surface area contributed by atoms with Crippen LogP contribution in [0.5, 0.6) is 5.75 Å². The molecule has 0 bridgehead atoms. The number of rotatable bonds is 5. The third kappa shape index (κ3) is 6.44. The highest BCUT2D eigenvalue weighted by Gasteiger charge is 2.49. The standard InChI is InChI=1S/C23H24F3NO7S/c1-22(2,3)33-21(29)27-12-11-16-13-17(34-35(30,31)23(24,25)26)9-10-18(16)19(27)20(28)32-14-15-7-5-4-6-8-15/h4-10,13,19H,11-12,14H2,1-3H3. The number of amides is 1. The Balaban J connectivity index is 1.92. The number of carbonyl (C=O) groups is 2. The van der Waals surface area contributed by atoms with Crippen molar-refractivity contribution in [3.8, 4) is 5.75 Å². The monoisotopic (exact) mass is 515 g/mol. The summed E-state index contributed by atoms with van der Waals surface area (Å²) in [6.45, 7) is 4.89. The summed E-state index contributed by atoms with van der Waals surface area (Å²) in [4.78, 5) is 27.1. The van der Waals surface area contributed by atoms with Crippen LogP contribution in [0, 0.1) is 0 Å². The quantitative estimate of drug-likeness (QED) is 0.329. The number of fused-ring (bicyclic) bond motifs is 1. The minimum absolute atomic E-state index is 0.0253. The van der Waals surface area contributed by atoms with E-state index < -0.39 is 45.1 Å². The van der Waals surface area contributed by atoms with Crippen molar-refractivity contribution in [2.75, 3.05) is 6.54 Å². The Bertz CT molecular complexity index is 1190. The first-order valence-corrected chi connectivity index (χ1v) is 11.9. The zero-order chi connectivity index (χ0) is 26.0. The fourth-order valence-corrected chi connectivity index (χ4v) is 3.86. The smallest absolute Gasteiger partial charge is 0.459 e. The van der Waals surface area contributed by atoms with Crippen LogP contribution in [-0.2, 0) is 37.4 Å². The fourth-order valence-electron chi connectivity index (χ4n) is 3.41. The van der Waals surface area contributed by atoms with E-state index in [0.29, 0.717) is 11.1 Å². The van der Waals surface area contributed by atoms with Gasteiger partial charge >= 0.3 is 27.7 Å². The lowest BCUT2D eigenvalue weighted by atomic mass is 9.92. The second-order valence-corrected chi connectivity index (χ2v) is 10.3. The van der Waals surface area contributed by atoms with Gasteiger partial charge in [0.25, 0.3) is 0 Å². The molecule has 0 N–H and O–H groups in total. The van der Waals surface area contributed by atoms with E-state index in [1.165, 1.54) is 11.0 Å². The van der Waals surface area contributed by atoms with Crippen molar-refractivity contribution < 1.29 is 44.8 Å². The van der Waals surface area contributed by atoms with Gasteiger partial charge in [0.05, 0.1) is 0 Å². The molecule has 1 amide bonds. The molecule has 0 aromatic heterocycles. The molecule has 1 heterocycles. The van der Waals surface area contributed by atoms with E-state index in [-0.39, 0.29) is 25.1 Å². The lowest BCUT2D eigenvalue weighted by Crippen LogP contribution is -2.46. The second-order valence-electron chi connectivity index (χ2n) is 8.76. The summed E-state index contributed by atoms with van der Waals surface area (Å²) in [6.07, 6.45) is -0.662. The number of esters is 1. The number of hydrogen-bond donors (Lipinski definition) is 0. The molecule has 12 heteroatoms. The topological polar surface area (TPSA) is 99.2 Å². The van der Waals surface area contributed by atoms with Gasteiger partial charge < -0.3 is 13.7 Å². The average Bonchev–Trinajstić information content (AvgIpc) is 2.75. The SMILES string of the molecule is CC(C)(C)OC(=O)N1CCc2cc(OS(=O)(=O)C(F)(F)F)ccc2C1C(=O)OCc1ccccc1. The number of nitrogens with zero attached hydrogens (tertiary/aromatic N) is 1. The molecule has 1 aliphatic heterocycles. The summed E-state index contributed by atoms with van der Waals surface area (Å²) >= 11 is 0. The van der Waals surface area contributed by atoms with Crippen LogP contribution < -0.4 is 4.18 Å². The third-order valence-electron chi connectivity index (χ3n) is 4.91. The molecule has 1 unspecified atom stereocenters. The average molecular weight is 516 g/mol. The van der Waals surface area contributed by atoms with Gasteiger partial charge in [-0.1, -0.05) is 36.4 Å². The first kappa shape index (κ1) is 26.3. The number of alkyl halides is 3. The fraction of sp³-hybridized carbons (Fsp3) is 0.391. The lowest BCUT2D eigenvalue weighted by molar-refractivity contribution is -0.152. The Kier molecular flexibility index (Phi) is 7.34. The summed E-state index contributed by atoms with van der Waals surface area (Å²) in [5.41, 5.74) is -5.14. The molecule has 190 valence electrons. The largest absolute Gasteiger partial charge is 0.534 e. The molecule has 2 aromatic carbocycles. The maximum atomic E-state index is 13.1. The van der Waals surface area contributed by atoms with Crippen molar-refractivity contribution in [1.82, 2.24) is 4.90 Å². The van der Waals surface area contributed by atoms with Crippen LogP contribution in [0.3, 0.4) is 0 Å². The minimum atomic E-state index is -5.87. The lowest BCUT2D eigenvalue weighted by Gasteiger charge is -2.36. The number of carbonyl (C=O) groups excluding carboxylic acids is 2. The van der Waals surface area contributed by atoms with Crippen LogP contribution in [0.25, 0.3) is 0 Å². The van der Waals surface area contributed by atoms with Crippen LogP contribution in [0.4, 0.5) is 18.0 Å². The van der Waals surface area contributed by atoms with Gasteiger partial charge in [0.15, 0.2) is 6.04 Å². The molecule has 2 aromatic rings. The summed E-state index contributed by atoms with van der Waals surface area (Å²) in [5, 5.41) is 0. The highest BCUT2D eigenvalue weighted by atomic mass is 32.2.